The van der Waals surface area contributed by atoms with Crippen LogP contribution in [0.3, 0.4) is 0 Å². The van der Waals surface area contributed by atoms with E-state index in [-0.39, 0.29) is 5.41 Å². The largest absolute Gasteiger partial charge is 0.309 e. The van der Waals surface area contributed by atoms with Gasteiger partial charge in [0.2, 0.25) is 0 Å². The minimum absolute atomic E-state index is 0.00170. The van der Waals surface area contributed by atoms with Gasteiger partial charge in [-0.1, -0.05) is 84.9 Å². The van der Waals surface area contributed by atoms with Crippen LogP contribution in [0.5, 0.6) is 0 Å². The molecule has 7 aromatic rings. The van der Waals surface area contributed by atoms with Crippen molar-refractivity contribution in [1.29, 1.82) is 5.26 Å². The van der Waals surface area contributed by atoms with Gasteiger partial charge < -0.3 is 4.57 Å². The summed E-state index contributed by atoms with van der Waals surface area (Å²) in [6.07, 6.45) is 7.63. The van der Waals surface area contributed by atoms with Crippen LogP contribution in [0, 0.1) is 29.1 Å². The minimum atomic E-state index is 0.00170. The Kier molecular flexibility index (Phi) is 6.36. The molecule has 4 aliphatic carbocycles. The van der Waals surface area contributed by atoms with Gasteiger partial charge in [-0.25, -0.2) is 15.0 Å². The molecule has 0 N–H and O–H groups in total. The number of nitrogens with zero attached hydrogens (tertiary/aromatic N) is 5. The highest BCUT2D eigenvalue weighted by atomic mass is 15.1. The molecule has 5 nitrogen and oxygen atoms in total. The Hall–Kier alpha value is -5.60. The monoisotopic (exact) mass is 633 g/mol. The molecular formula is C44H35N5. The Morgan fingerprint density at radius 1 is 0.571 bits per heavy atom. The number of para-hydroxylation sites is 2. The molecule has 4 aliphatic rings. The van der Waals surface area contributed by atoms with Crippen molar-refractivity contribution < 1.29 is 0 Å². The third-order valence-electron chi connectivity index (χ3n) is 11.6. The summed E-state index contributed by atoms with van der Waals surface area (Å²) in [6.45, 7) is 0. The van der Waals surface area contributed by atoms with E-state index in [1.165, 1.54) is 49.3 Å². The zero-order valence-electron chi connectivity index (χ0n) is 27.3. The second kappa shape index (κ2) is 11.0. The first-order chi connectivity index (χ1) is 24.1. The Morgan fingerprint density at radius 3 is 1.84 bits per heavy atom. The van der Waals surface area contributed by atoms with Crippen molar-refractivity contribution in [2.24, 2.45) is 17.8 Å². The molecule has 5 heteroatoms. The van der Waals surface area contributed by atoms with Gasteiger partial charge in [-0.3, -0.25) is 0 Å². The van der Waals surface area contributed by atoms with E-state index in [2.05, 4.69) is 108 Å². The Balaban J connectivity index is 1.26. The topological polar surface area (TPSA) is 67.4 Å². The van der Waals surface area contributed by atoms with E-state index in [1.807, 2.05) is 24.3 Å². The van der Waals surface area contributed by atoms with Crippen LogP contribution < -0.4 is 0 Å². The number of rotatable bonds is 5. The quantitative estimate of drug-likeness (QED) is 0.189. The third-order valence-corrected chi connectivity index (χ3v) is 11.6. The number of fused-ring (bicyclic) bond motifs is 3. The Labute approximate surface area is 285 Å². The van der Waals surface area contributed by atoms with Crippen molar-refractivity contribution in [3.63, 3.8) is 0 Å². The summed E-state index contributed by atoms with van der Waals surface area (Å²) in [5, 5.41) is 12.1. The first kappa shape index (κ1) is 28.4. The number of hydrogen-bond acceptors (Lipinski definition) is 4. The second-order valence-corrected chi connectivity index (χ2v) is 14.7. The van der Waals surface area contributed by atoms with Gasteiger partial charge in [-0.2, -0.15) is 5.26 Å². The molecule has 49 heavy (non-hydrogen) atoms. The normalized spacial score (nSPS) is 22.5. The molecule has 236 valence electrons. The molecule has 0 aliphatic heterocycles. The fraction of sp³-hybridized carbons (Fsp3) is 0.227. The lowest BCUT2D eigenvalue weighted by atomic mass is 9.49. The van der Waals surface area contributed by atoms with Crippen LogP contribution in [-0.4, -0.2) is 19.5 Å². The zero-order chi connectivity index (χ0) is 32.5. The van der Waals surface area contributed by atoms with Gasteiger partial charge in [-0.15, -0.1) is 0 Å². The van der Waals surface area contributed by atoms with Crippen molar-refractivity contribution in [2.75, 3.05) is 0 Å². The maximum Gasteiger partial charge on any atom is 0.165 e. The van der Waals surface area contributed by atoms with E-state index in [1.54, 1.807) is 0 Å². The first-order valence-electron chi connectivity index (χ1n) is 17.6. The summed E-state index contributed by atoms with van der Waals surface area (Å²) in [5.74, 6) is 4.73. The fourth-order valence-electron chi connectivity index (χ4n) is 9.87. The number of nitriles is 1. The van der Waals surface area contributed by atoms with Crippen molar-refractivity contribution in [2.45, 2.75) is 43.9 Å². The predicted octanol–water partition coefficient (Wildman–Crippen LogP) is 10.3. The van der Waals surface area contributed by atoms with Crippen molar-refractivity contribution >= 4 is 21.8 Å². The van der Waals surface area contributed by atoms with E-state index < -0.39 is 0 Å². The highest BCUT2D eigenvalue weighted by Gasteiger charge is 2.53. The molecule has 0 spiro atoms. The fourth-order valence-corrected chi connectivity index (χ4v) is 9.87. The van der Waals surface area contributed by atoms with Gasteiger partial charge in [0, 0.05) is 27.3 Å². The van der Waals surface area contributed by atoms with Crippen LogP contribution in [0.2, 0.25) is 0 Å². The van der Waals surface area contributed by atoms with E-state index >= 15 is 0 Å². The van der Waals surface area contributed by atoms with Crippen molar-refractivity contribution in [1.82, 2.24) is 19.5 Å². The summed E-state index contributed by atoms with van der Waals surface area (Å²) < 4.78 is 2.37. The first-order valence-corrected chi connectivity index (χ1v) is 17.6. The van der Waals surface area contributed by atoms with Crippen LogP contribution in [-0.2, 0) is 5.41 Å². The molecule has 0 atom stereocenters. The lowest BCUT2D eigenvalue weighted by molar-refractivity contribution is -0.00938. The molecule has 2 aromatic heterocycles. The molecule has 0 radical (unpaired) electrons. The van der Waals surface area contributed by atoms with Gasteiger partial charge in [0.15, 0.2) is 11.6 Å². The highest BCUT2D eigenvalue weighted by molar-refractivity contribution is 6.09. The minimum Gasteiger partial charge on any atom is -0.309 e. The van der Waals surface area contributed by atoms with Crippen LogP contribution in [0.4, 0.5) is 0 Å². The summed E-state index contributed by atoms with van der Waals surface area (Å²) in [5.41, 5.74) is 7.93. The smallest absolute Gasteiger partial charge is 0.165 e. The van der Waals surface area contributed by atoms with Gasteiger partial charge in [0.1, 0.15) is 5.82 Å². The molecule has 4 saturated carbocycles. The van der Waals surface area contributed by atoms with E-state index in [9.17, 15) is 5.26 Å². The molecule has 2 heterocycles. The SMILES string of the molecule is N#Cc1cccc(-c2ccc(-n3c4ccccc4c4ccccc43)c(-c3nc(-c4ccccc4)nc(C45CC6CC(CC(C6)C4)C5)n3)c2)c1. The number of aromatic nitrogens is 4. The summed E-state index contributed by atoms with van der Waals surface area (Å²) in [4.78, 5) is 16.2. The standard InChI is InChI=1S/C44H35N5/c45-27-28-9-8-12-33(22-28)34-17-18-40(49-38-15-6-4-13-35(38)36-14-5-7-16-39(36)49)37(23-34)42-46-41(32-10-2-1-3-11-32)47-43(48-42)44-24-29-19-30(25-44)21-31(20-29)26-44/h1-18,22-23,29-31H,19-21,24-26H2. The predicted molar refractivity (Wildman–Crippen MR) is 195 cm³/mol. The van der Waals surface area contributed by atoms with Crippen molar-refractivity contribution in [3.8, 4) is 45.7 Å². The van der Waals surface area contributed by atoms with Crippen LogP contribution in [0.15, 0.2) is 121 Å². The van der Waals surface area contributed by atoms with Gasteiger partial charge in [-0.05, 0) is 104 Å². The molecule has 5 aromatic carbocycles. The van der Waals surface area contributed by atoms with Gasteiger partial charge in [0.25, 0.3) is 0 Å². The van der Waals surface area contributed by atoms with E-state index in [0.717, 1.165) is 68.4 Å². The van der Waals surface area contributed by atoms with Gasteiger partial charge >= 0.3 is 0 Å². The molecule has 0 unspecified atom stereocenters. The highest BCUT2D eigenvalue weighted by Crippen LogP contribution is 2.60. The maximum absolute atomic E-state index is 9.72. The Bertz CT molecular complexity index is 2360. The van der Waals surface area contributed by atoms with Crippen LogP contribution >= 0.6 is 0 Å². The van der Waals surface area contributed by atoms with Crippen molar-refractivity contribution in [3.05, 3.63) is 133 Å². The Morgan fingerprint density at radius 2 is 1.16 bits per heavy atom. The molecule has 0 amide bonds. The average Bonchev–Trinajstić information content (AvgIpc) is 3.48. The number of hydrogen-bond donors (Lipinski definition) is 0. The van der Waals surface area contributed by atoms with Gasteiger partial charge in [0.05, 0.1) is 28.4 Å². The third kappa shape index (κ3) is 4.62. The molecule has 4 bridgehead atoms. The molecule has 0 saturated heterocycles. The van der Waals surface area contributed by atoms with Crippen LogP contribution in [0.25, 0.3) is 61.4 Å². The summed E-state index contributed by atoms with van der Waals surface area (Å²) in [6, 6.07) is 44.4. The van der Waals surface area contributed by atoms with E-state index in [4.69, 9.17) is 15.0 Å². The average molecular weight is 634 g/mol. The summed E-state index contributed by atoms with van der Waals surface area (Å²) in [7, 11) is 0. The second-order valence-electron chi connectivity index (χ2n) is 14.7. The molecule has 4 fully saturated rings. The lowest BCUT2D eigenvalue weighted by Crippen LogP contribution is -2.49. The van der Waals surface area contributed by atoms with E-state index in [0.29, 0.717) is 11.4 Å². The van der Waals surface area contributed by atoms with Crippen LogP contribution in [0.1, 0.15) is 49.9 Å². The molecule has 11 rings (SSSR count). The maximum atomic E-state index is 9.72. The lowest BCUT2D eigenvalue weighted by Gasteiger charge is -2.56. The number of benzene rings is 5. The zero-order valence-corrected chi connectivity index (χ0v) is 27.3. The summed E-state index contributed by atoms with van der Waals surface area (Å²) >= 11 is 0. The molecular weight excluding hydrogens is 599 g/mol.